The lowest BCUT2D eigenvalue weighted by molar-refractivity contribution is 0.0697. The number of hydrogen-bond donors (Lipinski definition) is 1. The Bertz CT molecular complexity index is 728. The number of likely N-dealkylation sites (tertiary alicyclic amines) is 1. The van der Waals surface area contributed by atoms with E-state index in [9.17, 15) is 14.0 Å². The fraction of sp³-hybridized carbons (Fsp3) is 0.278. The topological polar surface area (TPSA) is 62.3 Å². The molecule has 1 fully saturated rings. The maximum atomic E-state index is 13.2. The summed E-state index contributed by atoms with van der Waals surface area (Å²) in [6.07, 6.45) is 4.53. The molecule has 2 aromatic rings. The summed E-state index contributed by atoms with van der Waals surface area (Å²) in [6.45, 7) is 1.14. The molecule has 124 valence electrons. The second-order valence-electron chi connectivity index (χ2n) is 5.79. The summed E-state index contributed by atoms with van der Waals surface area (Å²) in [5.74, 6) is -0.760. The number of amides is 2. The van der Waals surface area contributed by atoms with Crippen LogP contribution in [-0.4, -0.2) is 40.8 Å². The third kappa shape index (κ3) is 3.76. The van der Waals surface area contributed by atoms with E-state index in [4.69, 9.17) is 0 Å². The largest absolute Gasteiger partial charge is 0.349 e. The van der Waals surface area contributed by atoms with Crippen LogP contribution in [0, 0.1) is 5.82 Å². The van der Waals surface area contributed by atoms with E-state index in [2.05, 4.69) is 10.3 Å². The van der Waals surface area contributed by atoms with Gasteiger partial charge in [0.05, 0.1) is 5.56 Å². The molecule has 5 nitrogen and oxygen atoms in total. The molecule has 1 aromatic carbocycles. The number of aromatic nitrogens is 1. The number of nitrogens with one attached hydrogen (secondary N) is 1. The highest BCUT2D eigenvalue weighted by atomic mass is 19.1. The molecule has 1 aliphatic rings. The Labute approximate surface area is 139 Å². The Morgan fingerprint density at radius 1 is 1.12 bits per heavy atom. The maximum absolute atomic E-state index is 13.2. The van der Waals surface area contributed by atoms with Gasteiger partial charge in [-0.15, -0.1) is 0 Å². The zero-order valence-corrected chi connectivity index (χ0v) is 13.1. The first-order valence-electron chi connectivity index (χ1n) is 7.89. The van der Waals surface area contributed by atoms with Crippen LogP contribution in [0.4, 0.5) is 4.39 Å². The standard InChI is InChI=1S/C18H18FN3O2/c19-15-5-1-3-13(11-15)17(23)21-16-6-9-22(10-7-16)18(24)14-4-2-8-20-12-14/h1-5,8,11-12,16H,6-7,9-10H2,(H,21,23). The Hall–Kier alpha value is -2.76. The molecule has 6 heteroatoms. The SMILES string of the molecule is O=C(NC1CCN(C(=O)c2cccnc2)CC1)c1cccc(F)c1. The van der Waals surface area contributed by atoms with Crippen LogP contribution in [0.25, 0.3) is 0 Å². The van der Waals surface area contributed by atoms with Gasteiger partial charge in [0.15, 0.2) is 0 Å². The summed E-state index contributed by atoms with van der Waals surface area (Å²) >= 11 is 0. The fourth-order valence-electron chi connectivity index (χ4n) is 2.80. The number of hydrogen-bond acceptors (Lipinski definition) is 3. The predicted octanol–water partition coefficient (Wildman–Crippen LogP) is 2.26. The molecule has 3 rings (SSSR count). The van der Waals surface area contributed by atoms with Crippen LogP contribution < -0.4 is 5.32 Å². The number of piperidine rings is 1. The lowest BCUT2D eigenvalue weighted by Gasteiger charge is -2.32. The van der Waals surface area contributed by atoms with Crippen LogP contribution in [0.5, 0.6) is 0 Å². The Morgan fingerprint density at radius 3 is 2.54 bits per heavy atom. The van der Waals surface area contributed by atoms with Gasteiger partial charge in [-0.1, -0.05) is 6.07 Å². The molecule has 0 aliphatic carbocycles. The average Bonchev–Trinajstić information content (AvgIpc) is 2.62. The molecule has 0 spiro atoms. The van der Waals surface area contributed by atoms with Gasteiger partial charge in [0.1, 0.15) is 5.82 Å². The smallest absolute Gasteiger partial charge is 0.255 e. The molecule has 1 saturated heterocycles. The third-order valence-corrected chi connectivity index (χ3v) is 4.11. The zero-order valence-electron chi connectivity index (χ0n) is 13.1. The highest BCUT2D eigenvalue weighted by Crippen LogP contribution is 2.14. The van der Waals surface area contributed by atoms with E-state index in [1.165, 1.54) is 18.2 Å². The van der Waals surface area contributed by atoms with Gasteiger partial charge in [-0.05, 0) is 43.2 Å². The number of benzene rings is 1. The predicted molar refractivity (Wildman–Crippen MR) is 87.0 cm³/mol. The summed E-state index contributed by atoms with van der Waals surface area (Å²) in [5.41, 5.74) is 0.878. The molecule has 0 unspecified atom stereocenters. The zero-order chi connectivity index (χ0) is 16.9. The van der Waals surface area contributed by atoms with Gasteiger partial charge in [0.2, 0.25) is 0 Å². The van der Waals surface area contributed by atoms with Crippen molar-refractivity contribution in [2.24, 2.45) is 0 Å². The van der Waals surface area contributed by atoms with Gasteiger partial charge in [-0.3, -0.25) is 14.6 Å². The first-order valence-corrected chi connectivity index (χ1v) is 7.89. The van der Waals surface area contributed by atoms with E-state index in [1.807, 2.05) is 0 Å². The summed E-state index contributed by atoms with van der Waals surface area (Å²) < 4.78 is 13.2. The van der Waals surface area contributed by atoms with Crippen molar-refractivity contribution in [2.45, 2.75) is 18.9 Å². The fourth-order valence-corrected chi connectivity index (χ4v) is 2.80. The van der Waals surface area contributed by atoms with Gasteiger partial charge in [0.25, 0.3) is 11.8 Å². The quantitative estimate of drug-likeness (QED) is 0.940. The molecular formula is C18H18FN3O2. The van der Waals surface area contributed by atoms with Crippen molar-refractivity contribution in [3.63, 3.8) is 0 Å². The summed E-state index contributed by atoms with van der Waals surface area (Å²) in [6, 6.07) is 9.08. The first kappa shape index (κ1) is 16.1. The summed E-state index contributed by atoms with van der Waals surface area (Å²) in [4.78, 5) is 30.2. The van der Waals surface area contributed by atoms with Crippen LogP contribution in [-0.2, 0) is 0 Å². The Kier molecular flexibility index (Phi) is 4.84. The normalized spacial score (nSPS) is 15.1. The summed E-state index contributed by atoms with van der Waals surface area (Å²) in [7, 11) is 0. The van der Waals surface area contributed by atoms with Crippen LogP contribution in [0.1, 0.15) is 33.6 Å². The van der Waals surface area contributed by atoms with Crippen LogP contribution in [0.15, 0.2) is 48.8 Å². The van der Waals surface area contributed by atoms with E-state index in [1.54, 1.807) is 35.5 Å². The molecule has 1 N–H and O–H groups in total. The van der Waals surface area contributed by atoms with Crippen LogP contribution in [0.3, 0.4) is 0 Å². The van der Waals surface area contributed by atoms with Gasteiger partial charge < -0.3 is 10.2 Å². The van der Waals surface area contributed by atoms with Crippen molar-refractivity contribution in [3.8, 4) is 0 Å². The Balaban J connectivity index is 1.54. The van der Waals surface area contributed by atoms with Gasteiger partial charge in [-0.25, -0.2) is 4.39 Å². The molecule has 1 aliphatic heterocycles. The number of pyridine rings is 1. The minimum atomic E-state index is -0.431. The van der Waals surface area contributed by atoms with E-state index in [0.717, 1.165) is 0 Å². The third-order valence-electron chi connectivity index (χ3n) is 4.11. The van der Waals surface area contributed by atoms with E-state index < -0.39 is 5.82 Å². The number of carbonyl (C=O) groups is 2. The number of halogens is 1. The van der Waals surface area contributed by atoms with Crippen molar-refractivity contribution in [3.05, 3.63) is 65.7 Å². The number of rotatable bonds is 3. The Morgan fingerprint density at radius 2 is 1.88 bits per heavy atom. The van der Waals surface area contributed by atoms with Gasteiger partial charge >= 0.3 is 0 Å². The summed E-state index contributed by atoms with van der Waals surface area (Å²) in [5, 5.41) is 2.91. The van der Waals surface area contributed by atoms with Crippen LogP contribution in [0.2, 0.25) is 0 Å². The van der Waals surface area contributed by atoms with Crippen molar-refractivity contribution >= 4 is 11.8 Å². The lowest BCUT2D eigenvalue weighted by atomic mass is 10.0. The second kappa shape index (κ2) is 7.21. The molecule has 0 bridgehead atoms. The van der Waals surface area contributed by atoms with Crippen molar-refractivity contribution in [2.75, 3.05) is 13.1 Å². The van der Waals surface area contributed by atoms with Gasteiger partial charge in [-0.2, -0.15) is 0 Å². The molecular weight excluding hydrogens is 309 g/mol. The monoisotopic (exact) mass is 327 g/mol. The molecule has 0 saturated carbocycles. The highest BCUT2D eigenvalue weighted by molar-refractivity contribution is 5.95. The van der Waals surface area contributed by atoms with Crippen molar-refractivity contribution in [1.82, 2.24) is 15.2 Å². The minimum absolute atomic E-state index is 0.0151. The highest BCUT2D eigenvalue weighted by Gasteiger charge is 2.25. The van der Waals surface area contributed by atoms with E-state index >= 15 is 0 Å². The molecule has 24 heavy (non-hydrogen) atoms. The first-order chi connectivity index (χ1) is 11.6. The van der Waals surface area contributed by atoms with Crippen LogP contribution >= 0.6 is 0 Å². The van der Waals surface area contributed by atoms with E-state index in [0.29, 0.717) is 37.1 Å². The molecule has 2 amide bonds. The molecule has 0 radical (unpaired) electrons. The number of nitrogens with zero attached hydrogens (tertiary/aromatic N) is 2. The average molecular weight is 327 g/mol. The molecule has 2 heterocycles. The molecule has 0 atom stereocenters. The lowest BCUT2D eigenvalue weighted by Crippen LogP contribution is -2.46. The second-order valence-corrected chi connectivity index (χ2v) is 5.79. The van der Waals surface area contributed by atoms with Gasteiger partial charge in [0, 0.05) is 37.1 Å². The van der Waals surface area contributed by atoms with E-state index in [-0.39, 0.29) is 17.9 Å². The number of carbonyl (C=O) groups excluding carboxylic acids is 2. The van der Waals surface area contributed by atoms with Crippen molar-refractivity contribution < 1.29 is 14.0 Å². The minimum Gasteiger partial charge on any atom is -0.349 e. The maximum Gasteiger partial charge on any atom is 0.255 e. The van der Waals surface area contributed by atoms with Crippen molar-refractivity contribution in [1.29, 1.82) is 0 Å². The molecule has 1 aromatic heterocycles.